The zero-order valence-corrected chi connectivity index (χ0v) is 13.4. The third kappa shape index (κ3) is 3.34. The number of hydrogen-bond donors (Lipinski definition) is 1. The van der Waals surface area contributed by atoms with E-state index in [1.807, 2.05) is 0 Å². The first kappa shape index (κ1) is 15.8. The Hall–Kier alpha value is -0.610. The summed E-state index contributed by atoms with van der Waals surface area (Å²) in [6.07, 6.45) is 6.93. The van der Waals surface area contributed by atoms with E-state index in [2.05, 4.69) is 31.1 Å². The van der Waals surface area contributed by atoms with E-state index in [0.717, 1.165) is 38.3 Å². The lowest BCUT2D eigenvalue weighted by molar-refractivity contribution is -0.151. The van der Waals surface area contributed by atoms with E-state index in [-0.39, 0.29) is 5.97 Å². The number of carbonyl (C=O) groups excluding carboxylic acids is 1. The van der Waals surface area contributed by atoms with Crippen molar-refractivity contribution >= 4 is 5.97 Å². The van der Waals surface area contributed by atoms with Crippen molar-refractivity contribution in [3.05, 3.63) is 0 Å². The van der Waals surface area contributed by atoms with Gasteiger partial charge in [-0.05, 0) is 65.5 Å². The Kier molecular flexibility index (Phi) is 5.08. The van der Waals surface area contributed by atoms with Crippen LogP contribution in [0.5, 0.6) is 0 Å². The van der Waals surface area contributed by atoms with Crippen LogP contribution in [-0.4, -0.2) is 49.2 Å². The van der Waals surface area contributed by atoms with Crippen molar-refractivity contribution in [2.24, 2.45) is 5.92 Å². The minimum Gasteiger partial charge on any atom is -0.468 e. The summed E-state index contributed by atoms with van der Waals surface area (Å²) in [6, 6.07) is 1.10. The highest BCUT2D eigenvalue weighted by Gasteiger charge is 2.49. The standard InChI is InChI=1S/C16H30N2O2/c1-12(2)17-16(15(19)20-4)10-5-6-13(16)9-11-18(3)14-7-8-14/h12-14,17H,5-11H2,1-4H3. The van der Waals surface area contributed by atoms with Crippen LogP contribution in [-0.2, 0) is 9.53 Å². The van der Waals surface area contributed by atoms with E-state index in [1.165, 1.54) is 20.0 Å². The van der Waals surface area contributed by atoms with Gasteiger partial charge >= 0.3 is 5.97 Å². The maximum atomic E-state index is 12.4. The molecule has 0 heterocycles. The van der Waals surface area contributed by atoms with Gasteiger partial charge in [0.2, 0.25) is 0 Å². The Balaban J connectivity index is 2.01. The van der Waals surface area contributed by atoms with Gasteiger partial charge in [-0.1, -0.05) is 6.42 Å². The maximum Gasteiger partial charge on any atom is 0.326 e. The molecule has 0 bridgehead atoms. The summed E-state index contributed by atoms with van der Waals surface area (Å²) >= 11 is 0. The second-order valence-corrected chi connectivity index (χ2v) is 6.85. The zero-order chi connectivity index (χ0) is 14.8. The first-order valence-corrected chi connectivity index (χ1v) is 8.06. The van der Waals surface area contributed by atoms with E-state index >= 15 is 0 Å². The Morgan fingerprint density at radius 1 is 1.40 bits per heavy atom. The number of nitrogens with one attached hydrogen (secondary N) is 1. The summed E-state index contributed by atoms with van der Waals surface area (Å²) in [5.41, 5.74) is -0.451. The van der Waals surface area contributed by atoms with Crippen molar-refractivity contribution in [2.75, 3.05) is 20.7 Å². The fraction of sp³-hybridized carbons (Fsp3) is 0.938. The molecule has 0 aromatic heterocycles. The molecule has 4 heteroatoms. The number of rotatable bonds is 7. The van der Waals surface area contributed by atoms with Crippen molar-refractivity contribution in [2.45, 2.75) is 70.0 Å². The number of esters is 1. The molecule has 0 aliphatic heterocycles. The summed E-state index contributed by atoms with van der Waals surface area (Å²) < 4.78 is 5.12. The Bertz CT molecular complexity index is 341. The number of nitrogens with zero attached hydrogens (tertiary/aromatic N) is 1. The number of methoxy groups -OCH3 is 1. The van der Waals surface area contributed by atoms with Gasteiger partial charge in [-0.25, -0.2) is 0 Å². The van der Waals surface area contributed by atoms with Crippen LogP contribution in [0.25, 0.3) is 0 Å². The third-order valence-electron chi connectivity index (χ3n) is 4.92. The van der Waals surface area contributed by atoms with Crippen LogP contribution in [0.3, 0.4) is 0 Å². The molecule has 20 heavy (non-hydrogen) atoms. The second-order valence-electron chi connectivity index (χ2n) is 6.85. The quantitative estimate of drug-likeness (QED) is 0.727. The monoisotopic (exact) mass is 282 g/mol. The lowest BCUT2D eigenvalue weighted by Gasteiger charge is -2.36. The smallest absolute Gasteiger partial charge is 0.326 e. The summed E-state index contributed by atoms with van der Waals surface area (Å²) in [5.74, 6) is 0.335. The topological polar surface area (TPSA) is 41.6 Å². The molecule has 1 N–H and O–H groups in total. The summed E-state index contributed by atoms with van der Waals surface area (Å²) in [6.45, 7) is 5.31. The molecule has 0 amide bonds. The van der Waals surface area contributed by atoms with Crippen molar-refractivity contribution in [3.8, 4) is 0 Å². The van der Waals surface area contributed by atoms with Gasteiger partial charge in [0.1, 0.15) is 5.54 Å². The minimum atomic E-state index is -0.451. The van der Waals surface area contributed by atoms with Crippen molar-refractivity contribution in [3.63, 3.8) is 0 Å². The van der Waals surface area contributed by atoms with Crippen LogP contribution < -0.4 is 5.32 Å². The molecule has 2 aliphatic carbocycles. The van der Waals surface area contributed by atoms with Crippen LogP contribution in [0.1, 0.15) is 52.4 Å². The SMILES string of the molecule is COC(=O)C1(NC(C)C)CCCC1CCN(C)C1CC1. The van der Waals surface area contributed by atoms with Gasteiger partial charge < -0.3 is 9.64 Å². The number of hydrogen-bond acceptors (Lipinski definition) is 4. The average molecular weight is 282 g/mol. The molecule has 116 valence electrons. The molecule has 0 aromatic carbocycles. The lowest BCUT2D eigenvalue weighted by atomic mass is 9.83. The molecule has 2 atom stereocenters. The highest BCUT2D eigenvalue weighted by molar-refractivity contribution is 5.81. The average Bonchev–Trinajstić information content (AvgIpc) is 3.18. The molecule has 0 aromatic rings. The maximum absolute atomic E-state index is 12.4. The summed E-state index contributed by atoms with van der Waals surface area (Å²) in [5, 5.41) is 3.53. The summed E-state index contributed by atoms with van der Waals surface area (Å²) in [4.78, 5) is 14.8. The Morgan fingerprint density at radius 3 is 2.65 bits per heavy atom. The molecule has 2 aliphatic rings. The molecule has 0 spiro atoms. The Labute approximate surface area is 123 Å². The van der Waals surface area contributed by atoms with E-state index in [9.17, 15) is 4.79 Å². The van der Waals surface area contributed by atoms with E-state index in [4.69, 9.17) is 4.74 Å². The van der Waals surface area contributed by atoms with Crippen LogP contribution >= 0.6 is 0 Å². The van der Waals surface area contributed by atoms with Gasteiger partial charge in [-0.2, -0.15) is 0 Å². The van der Waals surface area contributed by atoms with Crippen LogP contribution in [0, 0.1) is 5.92 Å². The molecular weight excluding hydrogens is 252 g/mol. The molecule has 2 unspecified atom stereocenters. The Morgan fingerprint density at radius 2 is 2.10 bits per heavy atom. The second kappa shape index (κ2) is 6.44. The van der Waals surface area contributed by atoms with Gasteiger partial charge in [0.25, 0.3) is 0 Å². The molecule has 0 radical (unpaired) electrons. The lowest BCUT2D eigenvalue weighted by Crippen LogP contribution is -2.58. The highest BCUT2D eigenvalue weighted by atomic mass is 16.5. The first-order chi connectivity index (χ1) is 9.49. The van der Waals surface area contributed by atoms with E-state index < -0.39 is 5.54 Å². The normalized spacial score (nSPS) is 30.2. The molecule has 2 saturated carbocycles. The fourth-order valence-corrected chi connectivity index (χ4v) is 3.74. The highest BCUT2D eigenvalue weighted by Crippen LogP contribution is 2.40. The van der Waals surface area contributed by atoms with Gasteiger partial charge in [-0.15, -0.1) is 0 Å². The molecule has 0 saturated heterocycles. The molecule has 2 rings (SSSR count). The van der Waals surface area contributed by atoms with Crippen molar-refractivity contribution < 1.29 is 9.53 Å². The number of ether oxygens (including phenoxy) is 1. The molecule has 4 nitrogen and oxygen atoms in total. The van der Waals surface area contributed by atoms with Gasteiger partial charge in [0, 0.05) is 12.1 Å². The van der Waals surface area contributed by atoms with E-state index in [0.29, 0.717) is 12.0 Å². The van der Waals surface area contributed by atoms with Crippen LogP contribution in [0.15, 0.2) is 0 Å². The largest absolute Gasteiger partial charge is 0.468 e. The first-order valence-electron chi connectivity index (χ1n) is 8.06. The van der Waals surface area contributed by atoms with E-state index in [1.54, 1.807) is 0 Å². The van der Waals surface area contributed by atoms with Crippen LogP contribution in [0.4, 0.5) is 0 Å². The third-order valence-corrected chi connectivity index (χ3v) is 4.92. The van der Waals surface area contributed by atoms with Crippen molar-refractivity contribution in [1.29, 1.82) is 0 Å². The fourth-order valence-electron chi connectivity index (χ4n) is 3.74. The number of carbonyl (C=O) groups is 1. The van der Waals surface area contributed by atoms with Crippen LogP contribution in [0.2, 0.25) is 0 Å². The zero-order valence-electron chi connectivity index (χ0n) is 13.4. The molecule has 2 fully saturated rings. The molecular formula is C16H30N2O2. The van der Waals surface area contributed by atoms with Gasteiger partial charge in [0.15, 0.2) is 0 Å². The van der Waals surface area contributed by atoms with Gasteiger partial charge in [0.05, 0.1) is 7.11 Å². The minimum absolute atomic E-state index is 0.0669. The van der Waals surface area contributed by atoms with Crippen molar-refractivity contribution in [1.82, 2.24) is 10.2 Å². The van der Waals surface area contributed by atoms with Gasteiger partial charge in [-0.3, -0.25) is 10.1 Å². The predicted octanol–water partition coefficient (Wildman–Crippen LogP) is 2.18. The predicted molar refractivity (Wildman–Crippen MR) is 80.6 cm³/mol. The summed E-state index contributed by atoms with van der Waals surface area (Å²) in [7, 11) is 3.72.